The molecule has 2 aromatic carbocycles. The highest BCUT2D eigenvalue weighted by molar-refractivity contribution is 5.80. The number of fused-ring (bicyclic) bond motifs is 1. The van der Waals surface area contributed by atoms with Gasteiger partial charge in [-0.25, -0.2) is 4.98 Å². The van der Waals surface area contributed by atoms with Gasteiger partial charge in [0.1, 0.15) is 0 Å². The van der Waals surface area contributed by atoms with Crippen LogP contribution in [0.1, 0.15) is 62.5 Å². The predicted octanol–water partition coefficient (Wildman–Crippen LogP) is 5.38. The maximum atomic E-state index is 12.9. The van der Waals surface area contributed by atoms with E-state index in [1.165, 1.54) is 48.7 Å². The summed E-state index contributed by atoms with van der Waals surface area (Å²) in [7, 11) is 2.25. The van der Waals surface area contributed by atoms with E-state index in [9.17, 15) is 4.79 Å². The minimum absolute atomic E-state index is 0.0986. The van der Waals surface area contributed by atoms with Gasteiger partial charge in [0, 0.05) is 31.6 Å². The summed E-state index contributed by atoms with van der Waals surface area (Å²) >= 11 is 0. The van der Waals surface area contributed by atoms with E-state index in [1.54, 1.807) is 0 Å². The average Bonchev–Trinajstić information content (AvgIpc) is 3.31. The Labute approximate surface area is 222 Å². The molecule has 1 aromatic heterocycles. The SMILES string of the molecule is Cc1ccccc1Cn1c(N2CCC(C(=O)NCCCN(C)C3CCCCC3)CC2)nc2ccccc21. The van der Waals surface area contributed by atoms with Crippen LogP contribution in [0.4, 0.5) is 5.95 Å². The fraction of sp³-hybridized carbons (Fsp3) is 0.548. The van der Waals surface area contributed by atoms with Crippen LogP contribution in [-0.2, 0) is 11.3 Å². The highest BCUT2D eigenvalue weighted by Crippen LogP contribution is 2.28. The lowest BCUT2D eigenvalue weighted by Gasteiger charge is -2.33. The van der Waals surface area contributed by atoms with E-state index in [1.807, 2.05) is 0 Å². The molecular weight excluding hydrogens is 458 g/mol. The first-order valence-electron chi connectivity index (χ1n) is 14.3. The molecule has 198 valence electrons. The quantitative estimate of drug-likeness (QED) is 0.400. The molecule has 0 atom stereocenters. The molecule has 0 bridgehead atoms. The van der Waals surface area contributed by atoms with Gasteiger partial charge in [0.25, 0.3) is 0 Å². The Kier molecular flexibility index (Phi) is 8.45. The second kappa shape index (κ2) is 12.1. The molecule has 1 aliphatic heterocycles. The summed E-state index contributed by atoms with van der Waals surface area (Å²) in [5.41, 5.74) is 4.81. The number of amides is 1. The third-order valence-electron chi connectivity index (χ3n) is 8.56. The molecule has 6 nitrogen and oxygen atoms in total. The van der Waals surface area contributed by atoms with Crippen LogP contribution in [0.5, 0.6) is 0 Å². The van der Waals surface area contributed by atoms with Crippen LogP contribution in [0.25, 0.3) is 11.0 Å². The largest absolute Gasteiger partial charge is 0.356 e. The average molecular weight is 502 g/mol. The molecule has 2 heterocycles. The van der Waals surface area contributed by atoms with Crippen molar-refractivity contribution in [3.8, 4) is 0 Å². The molecule has 0 unspecified atom stereocenters. The maximum absolute atomic E-state index is 12.9. The van der Waals surface area contributed by atoms with Crippen LogP contribution in [0, 0.1) is 12.8 Å². The van der Waals surface area contributed by atoms with Crippen LogP contribution in [0.3, 0.4) is 0 Å². The summed E-state index contributed by atoms with van der Waals surface area (Å²) in [4.78, 5) is 22.8. The van der Waals surface area contributed by atoms with Gasteiger partial charge >= 0.3 is 0 Å². The van der Waals surface area contributed by atoms with Crippen LogP contribution in [0.2, 0.25) is 0 Å². The van der Waals surface area contributed by atoms with Crippen molar-refractivity contribution in [1.29, 1.82) is 0 Å². The summed E-state index contributed by atoms with van der Waals surface area (Å²) in [5.74, 6) is 1.35. The van der Waals surface area contributed by atoms with Crippen LogP contribution in [-0.4, -0.2) is 59.6 Å². The fourth-order valence-corrected chi connectivity index (χ4v) is 6.15. The van der Waals surface area contributed by atoms with Crippen molar-refractivity contribution in [2.75, 3.05) is 38.1 Å². The van der Waals surface area contributed by atoms with Gasteiger partial charge in [0.15, 0.2) is 0 Å². The van der Waals surface area contributed by atoms with Crippen molar-refractivity contribution in [3.63, 3.8) is 0 Å². The smallest absolute Gasteiger partial charge is 0.223 e. The van der Waals surface area contributed by atoms with E-state index < -0.39 is 0 Å². The number of benzene rings is 2. The molecule has 0 radical (unpaired) electrons. The highest BCUT2D eigenvalue weighted by atomic mass is 16.1. The van der Waals surface area contributed by atoms with Crippen molar-refractivity contribution in [3.05, 3.63) is 59.7 Å². The number of aryl methyl sites for hydroxylation is 1. The Balaban J connectivity index is 1.15. The minimum Gasteiger partial charge on any atom is -0.356 e. The van der Waals surface area contributed by atoms with Gasteiger partial charge in [-0.3, -0.25) is 4.79 Å². The van der Waals surface area contributed by atoms with E-state index in [0.717, 1.165) is 69.5 Å². The number of carbonyl (C=O) groups excluding carboxylic acids is 1. The zero-order valence-electron chi connectivity index (χ0n) is 22.7. The summed E-state index contributed by atoms with van der Waals surface area (Å²) in [6, 6.07) is 17.7. The number of para-hydroxylation sites is 2. The molecule has 1 N–H and O–H groups in total. The zero-order valence-corrected chi connectivity index (χ0v) is 22.7. The number of nitrogens with zero attached hydrogens (tertiary/aromatic N) is 4. The summed E-state index contributed by atoms with van der Waals surface area (Å²) < 4.78 is 2.35. The Morgan fingerprint density at radius 2 is 1.73 bits per heavy atom. The number of hydrogen-bond donors (Lipinski definition) is 1. The first-order chi connectivity index (χ1) is 18.1. The third-order valence-corrected chi connectivity index (χ3v) is 8.56. The number of anilines is 1. The van der Waals surface area contributed by atoms with Gasteiger partial charge in [-0.15, -0.1) is 0 Å². The predicted molar refractivity (Wildman–Crippen MR) is 152 cm³/mol. The van der Waals surface area contributed by atoms with Crippen molar-refractivity contribution in [2.24, 2.45) is 5.92 Å². The second-order valence-electron chi connectivity index (χ2n) is 11.1. The lowest BCUT2D eigenvalue weighted by atomic mass is 9.94. The third kappa shape index (κ3) is 6.18. The molecule has 1 saturated carbocycles. The van der Waals surface area contributed by atoms with Crippen molar-refractivity contribution in [1.82, 2.24) is 19.8 Å². The Morgan fingerprint density at radius 1 is 1.00 bits per heavy atom. The monoisotopic (exact) mass is 501 g/mol. The summed E-state index contributed by atoms with van der Waals surface area (Å²) in [6.07, 6.45) is 9.58. The highest BCUT2D eigenvalue weighted by Gasteiger charge is 2.28. The number of carbonyl (C=O) groups is 1. The van der Waals surface area contributed by atoms with Crippen molar-refractivity contribution in [2.45, 2.75) is 70.9 Å². The minimum atomic E-state index is 0.0986. The molecular formula is C31H43N5O. The second-order valence-corrected chi connectivity index (χ2v) is 11.1. The van der Waals surface area contributed by atoms with Gasteiger partial charge < -0.3 is 19.7 Å². The molecule has 1 saturated heterocycles. The van der Waals surface area contributed by atoms with Crippen LogP contribution >= 0.6 is 0 Å². The standard InChI is InChI=1S/C31H43N5O/c1-24-11-6-7-12-26(24)23-36-29-16-9-8-15-28(29)33-31(36)35-21-17-25(18-22-35)30(37)32-19-10-20-34(2)27-13-4-3-5-14-27/h6-9,11-12,15-16,25,27H,3-5,10,13-14,17-23H2,1-2H3,(H,32,37). The number of piperidine rings is 1. The van der Waals surface area contributed by atoms with E-state index >= 15 is 0 Å². The molecule has 37 heavy (non-hydrogen) atoms. The Bertz CT molecular complexity index is 1170. The molecule has 3 aromatic rings. The maximum Gasteiger partial charge on any atom is 0.223 e. The number of rotatable bonds is 9. The van der Waals surface area contributed by atoms with Gasteiger partial charge in [0.05, 0.1) is 17.6 Å². The summed E-state index contributed by atoms with van der Waals surface area (Å²) in [5, 5.41) is 3.23. The van der Waals surface area contributed by atoms with Gasteiger partial charge in [-0.05, 0) is 75.9 Å². The van der Waals surface area contributed by atoms with E-state index in [0.29, 0.717) is 0 Å². The molecule has 1 amide bonds. The molecule has 2 fully saturated rings. The van der Waals surface area contributed by atoms with E-state index in [2.05, 4.69) is 82.2 Å². The van der Waals surface area contributed by atoms with Gasteiger partial charge in [-0.1, -0.05) is 55.7 Å². The fourth-order valence-electron chi connectivity index (χ4n) is 6.15. The number of aromatic nitrogens is 2. The molecule has 5 rings (SSSR count). The summed E-state index contributed by atoms with van der Waals surface area (Å²) in [6.45, 7) is 6.55. The number of nitrogens with one attached hydrogen (secondary N) is 1. The van der Waals surface area contributed by atoms with Crippen molar-refractivity contribution >= 4 is 22.9 Å². The van der Waals surface area contributed by atoms with E-state index in [-0.39, 0.29) is 11.8 Å². The lowest BCUT2D eigenvalue weighted by Crippen LogP contribution is -2.42. The number of hydrogen-bond acceptors (Lipinski definition) is 4. The number of imidazole rings is 1. The molecule has 0 spiro atoms. The van der Waals surface area contributed by atoms with E-state index in [4.69, 9.17) is 4.98 Å². The molecule has 6 heteroatoms. The first-order valence-corrected chi connectivity index (χ1v) is 14.3. The van der Waals surface area contributed by atoms with Gasteiger partial charge in [-0.2, -0.15) is 0 Å². The molecule has 1 aliphatic carbocycles. The van der Waals surface area contributed by atoms with Crippen LogP contribution in [0.15, 0.2) is 48.5 Å². The zero-order chi connectivity index (χ0) is 25.6. The van der Waals surface area contributed by atoms with Gasteiger partial charge in [0.2, 0.25) is 11.9 Å². The lowest BCUT2D eigenvalue weighted by molar-refractivity contribution is -0.125. The Hall–Kier alpha value is -2.86. The van der Waals surface area contributed by atoms with Crippen LogP contribution < -0.4 is 10.2 Å². The normalized spacial score (nSPS) is 17.5. The topological polar surface area (TPSA) is 53.4 Å². The first kappa shape index (κ1) is 25.8. The Morgan fingerprint density at radius 3 is 2.51 bits per heavy atom. The molecule has 2 aliphatic rings. The van der Waals surface area contributed by atoms with Crippen molar-refractivity contribution < 1.29 is 4.79 Å².